The van der Waals surface area contributed by atoms with Crippen molar-refractivity contribution in [3.63, 3.8) is 0 Å². The van der Waals surface area contributed by atoms with E-state index in [4.69, 9.17) is 4.74 Å². The molecule has 1 atom stereocenters. The summed E-state index contributed by atoms with van der Waals surface area (Å²) in [5, 5.41) is 3.44. The summed E-state index contributed by atoms with van der Waals surface area (Å²) in [5.74, 6) is 2.66. The summed E-state index contributed by atoms with van der Waals surface area (Å²) in [5.41, 5.74) is 0. The lowest BCUT2D eigenvalue weighted by Gasteiger charge is -2.23. The highest BCUT2D eigenvalue weighted by atomic mass is 32.2. The minimum atomic E-state index is 0.808. The second kappa shape index (κ2) is 10.2. The van der Waals surface area contributed by atoms with Gasteiger partial charge in [-0.3, -0.25) is 0 Å². The topological polar surface area (TPSA) is 24.5 Å². The van der Waals surface area contributed by atoms with Crippen LogP contribution in [0, 0.1) is 0 Å². The molecule has 1 unspecified atom stereocenters. The van der Waals surface area contributed by atoms with E-state index in [0.717, 1.165) is 38.9 Å². The third-order valence-corrected chi connectivity index (χ3v) is 4.38. The van der Waals surface area contributed by atoms with Gasteiger partial charge in [-0.05, 0) is 25.6 Å². The molecule has 17 heavy (non-hydrogen) atoms. The first-order valence-electron chi connectivity index (χ1n) is 6.91. The number of likely N-dealkylation sites (N-methyl/N-ethyl adjacent to an activating group) is 1. The molecule has 1 heterocycles. The van der Waals surface area contributed by atoms with Crippen molar-refractivity contribution >= 4 is 11.8 Å². The van der Waals surface area contributed by atoms with Crippen LogP contribution in [0.4, 0.5) is 0 Å². The van der Waals surface area contributed by atoms with E-state index in [1.54, 1.807) is 0 Å². The molecule has 1 N–H and O–H groups in total. The fourth-order valence-corrected chi connectivity index (χ4v) is 3.22. The molecule has 0 aliphatic carbocycles. The van der Waals surface area contributed by atoms with Gasteiger partial charge in [0, 0.05) is 38.0 Å². The van der Waals surface area contributed by atoms with Gasteiger partial charge in [0.15, 0.2) is 0 Å². The molecule has 102 valence electrons. The Morgan fingerprint density at radius 2 is 2.24 bits per heavy atom. The first kappa shape index (κ1) is 15.3. The lowest BCUT2D eigenvalue weighted by atomic mass is 10.2. The average Bonchev–Trinajstić information content (AvgIpc) is 2.86. The standard InChI is InChI=1S/C13H28N2OS/c1-3-4-9-16-10-7-14-6-8-15(2)13-5-11-17-12-13/h13-14H,3-12H2,1-2H3. The van der Waals surface area contributed by atoms with E-state index in [0.29, 0.717) is 0 Å². The highest BCUT2D eigenvalue weighted by molar-refractivity contribution is 7.99. The molecule has 1 saturated heterocycles. The molecule has 0 bridgehead atoms. The third kappa shape index (κ3) is 7.29. The zero-order chi connectivity index (χ0) is 12.3. The van der Waals surface area contributed by atoms with Crippen LogP contribution in [0.15, 0.2) is 0 Å². The summed E-state index contributed by atoms with van der Waals surface area (Å²) >= 11 is 2.08. The highest BCUT2D eigenvalue weighted by Gasteiger charge is 2.18. The molecule has 4 heteroatoms. The molecule has 0 aromatic heterocycles. The number of hydrogen-bond donors (Lipinski definition) is 1. The number of rotatable bonds is 10. The monoisotopic (exact) mass is 260 g/mol. The van der Waals surface area contributed by atoms with E-state index in [1.165, 1.54) is 30.8 Å². The molecule has 0 radical (unpaired) electrons. The molecule has 1 aliphatic rings. The molecule has 0 aromatic carbocycles. The third-order valence-electron chi connectivity index (χ3n) is 3.24. The summed E-state index contributed by atoms with van der Waals surface area (Å²) < 4.78 is 5.50. The van der Waals surface area contributed by atoms with E-state index in [9.17, 15) is 0 Å². The Hall–Kier alpha value is 0.230. The van der Waals surface area contributed by atoms with E-state index in [2.05, 4.69) is 35.9 Å². The van der Waals surface area contributed by atoms with Crippen molar-refractivity contribution in [2.24, 2.45) is 0 Å². The van der Waals surface area contributed by atoms with Gasteiger partial charge in [-0.25, -0.2) is 0 Å². The zero-order valence-corrected chi connectivity index (χ0v) is 12.2. The minimum Gasteiger partial charge on any atom is -0.380 e. The number of hydrogen-bond acceptors (Lipinski definition) is 4. The van der Waals surface area contributed by atoms with Gasteiger partial charge in [-0.2, -0.15) is 11.8 Å². The number of ether oxygens (including phenoxy) is 1. The minimum absolute atomic E-state index is 0.808. The molecule has 3 nitrogen and oxygen atoms in total. The highest BCUT2D eigenvalue weighted by Crippen LogP contribution is 2.20. The van der Waals surface area contributed by atoms with Crippen LogP contribution in [-0.4, -0.2) is 62.3 Å². The lowest BCUT2D eigenvalue weighted by Crippen LogP contribution is -2.37. The van der Waals surface area contributed by atoms with Crippen LogP contribution in [0.25, 0.3) is 0 Å². The van der Waals surface area contributed by atoms with Gasteiger partial charge in [0.1, 0.15) is 0 Å². The number of thioether (sulfide) groups is 1. The Balaban J connectivity index is 1.83. The summed E-state index contributed by atoms with van der Waals surface area (Å²) in [6.07, 6.45) is 3.76. The molecule has 0 amide bonds. The predicted octanol–water partition coefficient (Wildman–Crippen LogP) is 1.83. The van der Waals surface area contributed by atoms with Crippen molar-refractivity contribution in [2.75, 3.05) is 51.4 Å². The maximum Gasteiger partial charge on any atom is 0.0590 e. The Morgan fingerprint density at radius 3 is 2.94 bits per heavy atom. The molecule has 0 spiro atoms. The molecular weight excluding hydrogens is 232 g/mol. The molecular formula is C13H28N2OS. The second-order valence-corrected chi connectivity index (χ2v) is 5.86. The van der Waals surface area contributed by atoms with E-state index >= 15 is 0 Å². The predicted molar refractivity (Wildman–Crippen MR) is 77.0 cm³/mol. The van der Waals surface area contributed by atoms with E-state index in [-0.39, 0.29) is 0 Å². The SMILES string of the molecule is CCCCOCCNCCN(C)C1CCSC1. The van der Waals surface area contributed by atoms with Gasteiger partial charge >= 0.3 is 0 Å². The van der Waals surface area contributed by atoms with Crippen molar-refractivity contribution in [3.8, 4) is 0 Å². The fourth-order valence-electron chi connectivity index (χ4n) is 1.93. The van der Waals surface area contributed by atoms with Crippen LogP contribution in [0.3, 0.4) is 0 Å². The van der Waals surface area contributed by atoms with Gasteiger partial charge in [0.25, 0.3) is 0 Å². The van der Waals surface area contributed by atoms with E-state index < -0.39 is 0 Å². The quantitative estimate of drug-likeness (QED) is 0.606. The smallest absolute Gasteiger partial charge is 0.0590 e. The van der Waals surface area contributed by atoms with E-state index in [1.807, 2.05) is 0 Å². The molecule has 1 fully saturated rings. The first-order valence-corrected chi connectivity index (χ1v) is 8.06. The maximum atomic E-state index is 5.50. The van der Waals surface area contributed by atoms with Gasteiger partial charge in [-0.1, -0.05) is 13.3 Å². The van der Waals surface area contributed by atoms with Crippen LogP contribution in [0.1, 0.15) is 26.2 Å². The Morgan fingerprint density at radius 1 is 1.35 bits per heavy atom. The molecule has 1 aliphatic heterocycles. The van der Waals surface area contributed by atoms with Crippen molar-refractivity contribution in [2.45, 2.75) is 32.2 Å². The van der Waals surface area contributed by atoms with Crippen molar-refractivity contribution in [1.82, 2.24) is 10.2 Å². The largest absolute Gasteiger partial charge is 0.380 e. The first-order chi connectivity index (χ1) is 8.34. The Kier molecular flexibility index (Phi) is 9.16. The van der Waals surface area contributed by atoms with Crippen LogP contribution in [0.2, 0.25) is 0 Å². The molecule has 0 aromatic rings. The van der Waals surface area contributed by atoms with Crippen LogP contribution in [-0.2, 0) is 4.74 Å². The van der Waals surface area contributed by atoms with Gasteiger partial charge in [0.2, 0.25) is 0 Å². The Bertz CT molecular complexity index is 175. The normalized spacial score (nSPS) is 20.3. The van der Waals surface area contributed by atoms with Gasteiger partial charge < -0.3 is 15.0 Å². The number of nitrogens with zero attached hydrogens (tertiary/aromatic N) is 1. The zero-order valence-electron chi connectivity index (χ0n) is 11.4. The second-order valence-electron chi connectivity index (χ2n) is 4.71. The fraction of sp³-hybridized carbons (Fsp3) is 1.00. The molecule has 0 saturated carbocycles. The van der Waals surface area contributed by atoms with Crippen LogP contribution in [0.5, 0.6) is 0 Å². The summed E-state index contributed by atoms with van der Waals surface area (Å²) in [6, 6.07) is 0.808. The summed E-state index contributed by atoms with van der Waals surface area (Å²) in [4.78, 5) is 2.49. The maximum absolute atomic E-state index is 5.50. The van der Waals surface area contributed by atoms with Gasteiger partial charge in [-0.15, -0.1) is 0 Å². The summed E-state index contributed by atoms with van der Waals surface area (Å²) in [7, 11) is 2.25. The lowest BCUT2D eigenvalue weighted by molar-refractivity contribution is 0.132. The molecule has 1 rings (SSSR count). The Labute approximate surface area is 111 Å². The van der Waals surface area contributed by atoms with Crippen molar-refractivity contribution < 1.29 is 4.74 Å². The van der Waals surface area contributed by atoms with Crippen molar-refractivity contribution in [3.05, 3.63) is 0 Å². The summed E-state index contributed by atoms with van der Waals surface area (Å²) in [6.45, 7) is 7.17. The van der Waals surface area contributed by atoms with Crippen LogP contribution >= 0.6 is 11.8 Å². The van der Waals surface area contributed by atoms with Gasteiger partial charge in [0.05, 0.1) is 6.61 Å². The van der Waals surface area contributed by atoms with Crippen LogP contribution < -0.4 is 5.32 Å². The average molecular weight is 260 g/mol. The number of nitrogens with one attached hydrogen (secondary N) is 1. The number of unbranched alkanes of at least 4 members (excludes halogenated alkanes) is 1. The van der Waals surface area contributed by atoms with Crippen molar-refractivity contribution in [1.29, 1.82) is 0 Å².